The summed E-state index contributed by atoms with van der Waals surface area (Å²) in [4.78, 5) is 29.2. The van der Waals surface area contributed by atoms with Crippen LogP contribution in [0.2, 0.25) is 0 Å². The third kappa shape index (κ3) is 4.37. The van der Waals surface area contributed by atoms with Crippen molar-refractivity contribution in [3.8, 4) is 0 Å². The number of nitrogens with one attached hydrogen (secondary N) is 1. The maximum atomic E-state index is 12.7. The van der Waals surface area contributed by atoms with Crippen molar-refractivity contribution in [2.45, 2.75) is 46.5 Å². The summed E-state index contributed by atoms with van der Waals surface area (Å²) < 4.78 is 0. The van der Waals surface area contributed by atoms with E-state index in [0.29, 0.717) is 24.9 Å². The molecule has 1 atom stereocenters. The van der Waals surface area contributed by atoms with Crippen molar-refractivity contribution >= 4 is 17.6 Å². The van der Waals surface area contributed by atoms with E-state index in [9.17, 15) is 9.59 Å². The van der Waals surface area contributed by atoms with Crippen LogP contribution in [0.5, 0.6) is 0 Å². The summed E-state index contributed by atoms with van der Waals surface area (Å²) in [5.41, 5.74) is 3.12. The molecule has 2 fully saturated rings. The first-order chi connectivity index (χ1) is 12.4. The SMILES string of the molecule is Cc1ccc(NC(=O)N2CCC(C(=O)N3CCCC(C)C3)CC2)c(C)c1. The predicted octanol–water partition coefficient (Wildman–Crippen LogP) is 3.81. The number of anilines is 1. The number of carbonyl (C=O) groups excluding carboxylic acids is 2. The van der Waals surface area contributed by atoms with Crippen molar-refractivity contribution < 1.29 is 9.59 Å². The first-order valence-electron chi connectivity index (χ1n) is 9.86. The van der Waals surface area contributed by atoms with Gasteiger partial charge in [-0.15, -0.1) is 0 Å². The van der Waals surface area contributed by atoms with E-state index in [1.54, 1.807) is 0 Å². The quantitative estimate of drug-likeness (QED) is 0.875. The summed E-state index contributed by atoms with van der Waals surface area (Å²) in [5.74, 6) is 0.979. The van der Waals surface area contributed by atoms with E-state index >= 15 is 0 Å². The van der Waals surface area contributed by atoms with E-state index in [4.69, 9.17) is 0 Å². The van der Waals surface area contributed by atoms with Gasteiger partial charge in [-0.05, 0) is 57.1 Å². The number of amides is 3. The maximum absolute atomic E-state index is 12.7. The molecule has 2 aliphatic rings. The number of nitrogens with zero attached hydrogens (tertiary/aromatic N) is 2. The van der Waals surface area contributed by atoms with Crippen molar-refractivity contribution in [1.29, 1.82) is 0 Å². The van der Waals surface area contributed by atoms with Gasteiger partial charge in [-0.3, -0.25) is 4.79 Å². The molecule has 1 unspecified atom stereocenters. The van der Waals surface area contributed by atoms with Crippen LogP contribution in [-0.2, 0) is 4.79 Å². The van der Waals surface area contributed by atoms with Gasteiger partial charge in [-0.25, -0.2) is 4.79 Å². The second kappa shape index (κ2) is 8.11. The minimum absolute atomic E-state index is 0.0607. The molecule has 3 rings (SSSR count). The molecule has 0 radical (unpaired) electrons. The molecule has 2 heterocycles. The zero-order valence-electron chi connectivity index (χ0n) is 16.3. The molecule has 26 heavy (non-hydrogen) atoms. The van der Waals surface area contributed by atoms with Crippen LogP contribution in [0.3, 0.4) is 0 Å². The molecule has 1 aromatic rings. The second-order valence-corrected chi connectivity index (χ2v) is 8.04. The Bertz CT molecular complexity index is 665. The Hall–Kier alpha value is -2.04. The molecule has 0 spiro atoms. The number of likely N-dealkylation sites (tertiary alicyclic amines) is 2. The number of carbonyl (C=O) groups is 2. The van der Waals surface area contributed by atoms with E-state index in [-0.39, 0.29) is 11.9 Å². The highest BCUT2D eigenvalue weighted by Crippen LogP contribution is 2.24. The van der Waals surface area contributed by atoms with E-state index in [1.807, 2.05) is 35.8 Å². The first-order valence-corrected chi connectivity index (χ1v) is 9.86. The van der Waals surface area contributed by atoms with E-state index < -0.39 is 0 Å². The van der Waals surface area contributed by atoms with Gasteiger partial charge in [-0.2, -0.15) is 0 Å². The molecule has 2 aliphatic heterocycles. The summed E-state index contributed by atoms with van der Waals surface area (Å²) in [5, 5.41) is 3.01. The van der Waals surface area contributed by atoms with Gasteiger partial charge in [0.1, 0.15) is 0 Å². The number of rotatable bonds is 2. The van der Waals surface area contributed by atoms with Crippen molar-refractivity contribution in [2.24, 2.45) is 11.8 Å². The van der Waals surface area contributed by atoms with Crippen LogP contribution in [-0.4, -0.2) is 47.9 Å². The number of aryl methyl sites for hydroxylation is 2. The van der Waals surface area contributed by atoms with Crippen LogP contribution in [0.1, 0.15) is 43.7 Å². The van der Waals surface area contributed by atoms with Crippen LogP contribution in [0.25, 0.3) is 0 Å². The predicted molar refractivity (Wildman–Crippen MR) is 104 cm³/mol. The Morgan fingerprint density at radius 1 is 1.04 bits per heavy atom. The molecule has 142 valence electrons. The van der Waals surface area contributed by atoms with Gasteiger partial charge in [-0.1, -0.05) is 24.6 Å². The number of hydrogen-bond acceptors (Lipinski definition) is 2. The van der Waals surface area contributed by atoms with Gasteiger partial charge < -0.3 is 15.1 Å². The summed E-state index contributed by atoms with van der Waals surface area (Å²) in [6.45, 7) is 9.37. The molecular weight excluding hydrogens is 326 g/mol. The highest BCUT2D eigenvalue weighted by Gasteiger charge is 2.31. The monoisotopic (exact) mass is 357 g/mol. The van der Waals surface area contributed by atoms with Gasteiger partial charge in [0.2, 0.25) is 5.91 Å². The molecule has 3 amide bonds. The molecule has 2 saturated heterocycles. The van der Waals surface area contributed by atoms with Gasteiger partial charge >= 0.3 is 6.03 Å². The smallest absolute Gasteiger partial charge is 0.321 e. The molecule has 0 saturated carbocycles. The van der Waals surface area contributed by atoms with E-state index in [1.165, 1.54) is 12.0 Å². The molecule has 5 heteroatoms. The molecule has 0 aliphatic carbocycles. The topological polar surface area (TPSA) is 52.7 Å². The zero-order chi connectivity index (χ0) is 18.7. The van der Waals surface area contributed by atoms with Crippen LogP contribution in [0.4, 0.5) is 10.5 Å². The highest BCUT2D eigenvalue weighted by atomic mass is 16.2. The fraction of sp³-hybridized carbons (Fsp3) is 0.619. The number of piperidine rings is 2. The summed E-state index contributed by atoms with van der Waals surface area (Å²) in [6, 6.07) is 5.97. The minimum atomic E-state index is -0.0607. The molecule has 0 aromatic heterocycles. The normalized spacial score (nSPS) is 21.6. The van der Waals surface area contributed by atoms with Crippen LogP contribution in [0, 0.1) is 25.7 Å². The third-order valence-electron chi connectivity index (χ3n) is 5.72. The molecule has 0 bridgehead atoms. The Balaban J connectivity index is 1.51. The Morgan fingerprint density at radius 2 is 1.77 bits per heavy atom. The summed E-state index contributed by atoms with van der Waals surface area (Å²) in [6.07, 6.45) is 3.87. The molecule has 1 N–H and O–H groups in total. The lowest BCUT2D eigenvalue weighted by Gasteiger charge is -2.37. The average molecular weight is 357 g/mol. The summed E-state index contributed by atoms with van der Waals surface area (Å²) >= 11 is 0. The number of hydrogen-bond donors (Lipinski definition) is 1. The van der Waals surface area contributed by atoms with Crippen LogP contribution < -0.4 is 5.32 Å². The lowest BCUT2D eigenvalue weighted by molar-refractivity contribution is -0.138. The molecule has 1 aromatic carbocycles. The fourth-order valence-corrected chi connectivity index (χ4v) is 4.13. The highest BCUT2D eigenvalue weighted by molar-refractivity contribution is 5.90. The van der Waals surface area contributed by atoms with Gasteiger partial charge in [0.05, 0.1) is 0 Å². The fourth-order valence-electron chi connectivity index (χ4n) is 4.13. The maximum Gasteiger partial charge on any atom is 0.321 e. The number of benzene rings is 1. The Morgan fingerprint density at radius 3 is 2.42 bits per heavy atom. The second-order valence-electron chi connectivity index (χ2n) is 8.04. The standard InChI is InChI=1S/C21H31N3O2/c1-15-6-7-19(17(3)13-15)22-21(26)23-11-8-18(9-12-23)20(25)24-10-4-5-16(2)14-24/h6-7,13,16,18H,4-5,8-12,14H2,1-3H3,(H,22,26). The van der Waals surface area contributed by atoms with E-state index in [2.05, 4.69) is 18.3 Å². The molecular formula is C21H31N3O2. The van der Waals surface area contributed by atoms with Crippen molar-refractivity contribution in [1.82, 2.24) is 9.80 Å². The third-order valence-corrected chi connectivity index (χ3v) is 5.72. The van der Waals surface area contributed by atoms with Crippen LogP contribution in [0.15, 0.2) is 18.2 Å². The minimum Gasteiger partial charge on any atom is -0.342 e. The largest absolute Gasteiger partial charge is 0.342 e. The summed E-state index contributed by atoms with van der Waals surface area (Å²) in [7, 11) is 0. The molecule has 5 nitrogen and oxygen atoms in total. The van der Waals surface area contributed by atoms with Crippen molar-refractivity contribution in [3.63, 3.8) is 0 Å². The average Bonchev–Trinajstić information content (AvgIpc) is 2.63. The van der Waals surface area contributed by atoms with Gasteiger partial charge in [0, 0.05) is 37.8 Å². The van der Waals surface area contributed by atoms with Crippen LogP contribution >= 0.6 is 0 Å². The zero-order valence-corrected chi connectivity index (χ0v) is 16.3. The Labute approximate surface area is 156 Å². The lowest BCUT2D eigenvalue weighted by atomic mass is 9.93. The first kappa shape index (κ1) is 18.7. The van der Waals surface area contributed by atoms with Gasteiger partial charge in [0.25, 0.3) is 0 Å². The Kier molecular flexibility index (Phi) is 5.84. The van der Waals surface area contributed by atoms with Crippen molar-refractivity contribution in [2.75, 3.05) is 31.5 Å². The lowest BCUT2D eigenvalue weighted by Crippen LogP contribution is -2.47. The van der Waals surface area contributed by atoms with E-state index in [0.717, 1.165) is 43.6 Å². The van der Waals surface area contributed by atoms with Gasteiger partial charge in [0.15, 0.2) is 0 Å². The number of urea groups is 1. The van der Waals surface area contributed by atoms with Crippen molar-refractivity contribution in [3.05, 3.63) is 29.3 Å².